The second-order valence-electron chi connectivity index (χ2n) is 4.06. The average molecular weight is 294 g/mol. The lowest BCUT2D eigenvalue weighted by atomic mass is 10.3. The van der Waals surface area contributed by atoms with Gasteiger partial charge in [0, 0.05) is 13.1 Å². The molecule has 0 saturated carbocycles. The molecule has 1 aliphatic heterocycles. The van der Waals surface area contributed by atoms with Gasteiger partial charge in [-0.15, -0.1) is 10.2 Å². The monoisotopic (exact) mass is 293 g/mol. The molecule has 3 heterocycles. The summed E-state index contributed by atoms with van der Waals surface area (Å²) in [5.74, 6) is 2.98. The second kappa shape index (κ2) is 4.10. The molecule has 3 rings (SSSR count). The van der Waals surface area contributed by atoms with Crippen LogP contribution in [0.3, 0.4) is 0 Å². The SMILES string of the molecule is Cc1nnc2n1CCN(c1cccc(Br)n1)C2. The lowest BCUT2D eigenvalue weighted by molar-refractivity contribution is 0.547. The number of aromatic nitrogens is 4. The van der Waals surface area contributed by atoms with Crippen molar-refractivity contribution in [2.75, 3.05) is 11.4 Å². The molecule has 0 unspecified atom stereocenters. The fourth-order valence-electron chi connectivity index (χ4n) is 2.07. The molecule has 0 fully saturated rings. The Morgan fingerprint density at radius 3 is 2.94 bits per heavy atom. The molecule has 0 aliphatic carbocycles. The van der Waals surface area contributed by atoms with Crippen molar-refractivity contribution in [3.05, 3.63) is 34.5 Å². The van der Waals surface area contributed by atoms with E-state index in [4.69, 9.17) is 0 Å². The fourth-order valence-corrected chi connectivity index (χ4v) is 2.41. The Bertz CT molecular complexity index is 551. The highest BCUT2D eigenvalue weighted by molar-refractivity contribution is 9.10. The minimum absolute atomic E-state index is 0.768. The van der Waals surface area contributed by atoms with E-state index in [9.17, 15) is 0 Å². The van der Waals surface area contributed by atoms with Crippen LogP contribution >= 0.6 is 15.9 Å². The highest BCUT2D eigenvalue weighted by atomic mass is 79.9. The van der Waals surface area contributed by atoms with E-state index in [1.54, 1.807) is 0 Å². The number of halogens is 1. The molecule has 5 nitrogen and oxygen atoms in total. The molecule has 6 heteroatoms. The third kappa shape index (κ3) is 1.93. The summed E-state index contributed by atoms with van der Waals surface area (Å²) in [5.41, 5.74) is 0. The number of hydrogen-bond acceptors (Lipinski definition) is 4. The fraction of sp³-hybridized carbons (Fsp3) is 0.364. The van der Waals surface area contributed by atoms with Crippen molar-refractivity contribution in [3.63, 3.8) is 0 Å². The van der Waals surface area contributed by atoms with Gasteiger partial charge in [-0.25, -0.2) is 4.98 Å². The van der Waals surface area contributed by atoms with Gasteiger partial charge in [-0.2, -0.15) is 0 Å². The van der Waals surface area contributed by atoms with Crippen LogP contribution < -0.4 is 4.90 Å². The highest BCUT2D eigenvalue weighted by Crippen LogP contribution is 2.20. The van der Waals surface area contributed by atoms with Gasteiger partial charge in [0.2, 0.25) is 0 Å². The van der Waals surface area contributed by atoms with E-state index in [0.29, 0.717) is 0 Å². The molecule has 0 radical (unpaired) electrons. The lowest BCUT2D eigenvalue weighted by Crippen LogP contribution is -2.34. The predicted octanol–water partition coefficient (Wildman–Crippen LogP) is 1.76. The zero-order valence-corrected chi connectivity index (χ0v) is 11.1. The minimum atomic E-state index is 0.768. The zero-order valence-electron chi connectivity index (χ0n) is 9.47. The van der Waals surface area contributed by atoms with Gasteiger partial charge in [0.05, 0.1) is 6.54 Å². The van der Waals surface area contributed by atoms with E-state index in [0.717, 1.165) is 41.7 Å². The van der Waals surface area contributed by atoms with Crippen LogP contribution in [-0.2, 0) is 13.1 Å². The summed E-state index contributed by atoms with van der Waals surface area (Å²) in [5, 5.41) is 8.29. The summed E-state index contributed by atoms with van der Waals surface area (Å²) in [6, 6.07) is 5.95. The lowest BCUT2D eigenvalue weighted by Gasteiger charge is -2.28. The predicted molar refractivity (Wildman–Crippen MR) is 67.7 cm³/mol. The molecule has 2 aromatic rings. The molecule has 2 aromatic heterocycles. The van der Waals surface area contributed by atoms with Crippen molar-refractivity contribution in [1.29, 1.82) is 0 Å². The maximum atomic E-state index is 4.46. The van der Waals surface area contributed by atoms with Crippen LogP contribution in [0.1, 0.15) is 11.6 Å². The van der Waals surface area contributed by atoms with Crippen molar-refractivity contribution in [2.45, 2.75) is 20.0 Å². The Morgan fingerprint density at radius 1 is 1.24 bits per heavy atom. The molecule has 88 valence electrons. The molecule has 0 amide bonds. The molecule has 17 heavy (non-hydrogen) atoms. The van der Waals surface area contributed by atoms with E-state index in [2.05, 4.69) is 40.6 Å². The summed E-state index contributed by atoms with van der Waals surface area (Å²) >= 11 is 3.39. The number of rotatable bonds is 1. The first-order valence-electron chi connectivity index (χ1n) is 5.50. The summed E-state index contributed by atoms with van der Waals surface area (Å²) in [7, 11) is 0. The van der Waals surface area contributed by atoms with Gasteiger partial charge < -0.3 is 9.47 Å². The van der Waals surface area contributed by atoms with Crippen LogP contribution in [0.4, 0.5) is 5.82 Å². The summed E-state index contributed by atoms with van der Waals surface area (Å²) in [6.07, 6.45) is 0. The smallest absolute Gasteiger partial charge is 0.152 e. The first kappa shape index (κ1) is 10.7. The zero-order chi connectivity index (χ0) is 11.8. The first-order valence-corrected chi connectivity index (χ1v) is 6.29. The normalized spacial score (nSPS) is 14.8. The minimum Gasteiger partial charge on any atom is -0.347 e. The molecule has 1 aliphatic rings. The summed E-state index contributed by atoms with van der Waals surface area (Å²) in [4.78, 5) is 6.68. The van der Waals surface area contributed by atoms with Gasteiger partial charge in [0.25, 0.3) is 0 Å². The van der Waals surface area contributed by atoms with Crippen LogP contribution in [0.15, 0.2) is 22.8 Å². The Hall–Kier alpha value is -1.43. The van der Waals surface area contributed by atoms with Gasteiger partial charge >= 0.3 is 0 Å². The van der Waals surface area contributed by atoms with Crippen molar-refractivity contribution >= 4 is 21.7 Å². The maximum Gasteiger partial charge on any atom is 0.152 e. The van der Waals surface area contributed by atoms with E-state index in [1.807, 2.05) is 25.1 Å². The van der Waals surface area contributed by atoms with Gasteiger partial charge in [-0.3, -0.25) is 0 Å². The third-order valence-corrected chi connectivity index (χ3v) is 3.40. The number of anilines is 1. The first-order chi connectivity index (χ1) is 8.24. The third-order valence-electron chi connectivity index (χ3n) is 2.96. The van der Waals surface area contributed by atoms with Gasteiger partial charge in [-0.1, -0.05) is 6.07 Å². The largest absolute Gasteiger partial charge is 0.347 e. The van der Waals surface area contributed by atoms with Crippen molar-refractivity contribution in [3.8, 4) is 0 Å². The number of aryl methyl sites for hydroxylation is 1. The molecule has 0 aromatic carbocycles. The van der Waals surface area contributed by atoms with Crippen LogP contribution in [0.25, 0.3) is 0 Å². The molecule has 0 N–H and O–H groups in total. The molecule has 0 atom stereocenters. The number of hydrogen-bond donors (Lipinski definition) is 0. The van der Waals surface area contributed by atoms with Crippen molar-refractivity contribution in [2.24, 2.45) is 0 Å². The van der Waals surface area contributed by atoms with Crippen LogP contribution in [-0.4, -0.2) is 26.3 Å². The molecule has 0 saturated heterocycles. The topological polar surface area (TPSA) is 46.8 Å². The Labute approximate surface area is 108 Å². The van der Waals surface area contributed by atoms with Crippen molar-refractivity contribution < 1.29 is 0 Å². The summed E-state index contributed by atoms with van der Waals surface area (Å²) < 4.78 is 3.02. The Kier molecular flexibility index (Phi) is 2.58. The number of nitrogens with zero attached hydrogens (tertiary/aromatic N) is 5. The van der Waals surface area contributed by atoms with Crippen LogP contribution in [0, 0.1) is 6.92 Å². The Balaban J connectivity index is 1.89. The number of fused-ring (bicyclic) bond motifs is 1. The van der Waals surface area contributed by atoms with E-state index in [-0.39, 0.29) is 0 Å². The van der Waals surface area contributed by atoms with Gasteiger partial charge in [0.1, 0.15) is 16.2 Å². The molecule has 0 spiro atoms. The highest BCUT2D eigenvalue weighted by Gasteiger charge is 2.20. The summed E-state index contributed by atoms with van der Waals surface area (Å²) in [6.45, 7) is 4.62. The standard InChI is InChI=1S/C11H12BrN5/c1-8-14-15-11-7-16(5-6-17(8)11)10-4-2-3-9(12)13-10/h2-4H,5-7H2,1H3. The van der Waals surface area contributed by atoms with Gasteiger partial charge in [-0.05, 0) is 35.0 Å². The van der Waals surface area contributed by atoms with E-state index >= 15 is 0 Å². The quantitative estimate of drug-likeness (QED) is 0.752. The van der Waals surface area contributed by atoms with Crippen LogP contribution in [0.5, 0.6) is 0 Å². The molecular formula is C11H12BrN5. The Morgan fingerprint density at radius 2 is 2.12 bits per heavy atom. The van der Waals surface area contributed by atoms with E-state index in [1.165, 1.54) is 0 Å². The second-order valence-corrected chi connectivity index (χ2v) is 4.87. The maximum absolute atomic E-state index is 4.46. The molecule has 0 bridgehead atoms. The van der Waals surface area contributed by atoms with Crippen molar-refractivity contribution in [1.82, 2.24) is 19.7 Å². The van der Waals surface area contributed by atoms with E-state index < -0.39 is 0 Å². The average Bonchev–Trinajstić information content (AvgIpc) is 2.71. The number of pyridine rings is 1. The molecular weight excluding hydrogens is 282 g/mol. The van der Waals surface area contributed by atoms with Gasteiger partial charge in [0.15, 0.2) is 5.82 Å². The van der Waals surface area contributed by atoms with Crippen LogP contribution in [0.2, 0.25) is 0 Å².